The number of ether oxygens (including phenoxy) is 2. The highest BCUT2D eigenvalue weighted by Gasteiger charge is 2.53. The van der Waals surface area contributed by atoms with Crippen LogP contribution < -0.4 is 14.8 Å². The van der Waals surface area contributed by atoms with Crippen molar-refractivity contribution >= 4 is 33.0 Å². The molecule has 0 radical (unpaired) electrons. The molecule has 0 unspecified atom stereocenters. The first-order chi connectivity index (χ1) is 14.2. The van der Waals surface area contributed by atoms with Gasteiger partial charge in [0.2, 0.25) is 5.91 Å². The van der Waals surface area contributed by atoms with Gasteiger partial charge < -0.3 is 14.8 Å². The fraction of sp³-hybridized carbons (Fsp3) is 0.409. The van der Waals surface area contributed by atoms with Crippen molar-refractivity contribution in [1.82, 2.24) is 0 Å². The lowest BCUT2D eigenvalue weighted by Crippen LogP contribution is -2.47. The van der Waals surface area contributed by atoms with Gasteiger partial charge in [-0.2, -0.15) is 0 Å². The standard InChI is InChI=1S/C22H26ClNO5S/c1-14-7-8-15(2)20(11-14)30(26,27)22(9-5-6-10-22)21(25)24-17-12-16(23)18(28-3)13-19(17)29-4/h7-8,11-13H,5-6,9-10H2,1-4H3,(H,24,25). The molecule has 1 N–H and O–H groups in total. The number of benzene rings is 2. The summed E-state index contributed by atoms with van der Waals surface area (Å²) in [6.07, 6.45) is 1.86. The number of hydrogen-bond donors (Lipinski definition) is 1. The van der Waals surface area contributed by atoms with Crippen molar-refractivity contribution < 1.29 is 22.7 Å². The van der Waals surface area contributed by atoms with Crippen LogP contribution >= 0.6 is 11.6 Å². The van der Waals surface area contributed by atoms with E-state index in [0.29, 0.717) is 35.6 Å². The van der Waals surface area contributed by atoms with Crippen LogP contribution in [0.25, 0.3) is 0 Å². The molecule has 0 heterocycles. The van der Waals surface area contributed by atoms with Crippen LogP contribution in [0.1, 0.15) is 36.8 Å². The van der Waals surface area contributed by atoms with Gasteiger partial charge in [-0.15, -0.1) is 0 Å². The number of hydrogen-bond acceptors (Lipinski definition) is 5. The minimum atomic E-state index is -3.93. The lowest BCUT2D eigenvalue weighted by Gasteiger charge is -2.29. The number of methoxy groups -OCH3 is 2. The van der Waals surface area contributed by atoms with Gasteiger partial charge in [-0.05, 0) is 49.9 Å². The zero-order chi connectivity index (χ0) is 22.1. The van der Waals surface area contributed by atoms with E-state index in [9.17, 15) is 13.2 Å². The molecule has 1 aliphatic carbocycles. The van der Waals surface area contributed by atoms with Crippen LogP contribution in [0.2, 0.25) is 5.02 Å². The Bertz CT molecular complexity index is 1080. The third-order valence-corrected chi connectivity index (χ3v) is 8.63. The zero-order valence-electron chi connectivity index (χ0n) is 17.5. The first-order valence-electron chi connectivity index (χ1n) is 9.71. The molecule has 6 nitrogen and oxygen atoms in total. The highest BCUT2D eigenvalue weighted by molar-refractivity contribution is 7.93. The molecule has 0 aromatic heterocycles. The fourth-order valence-electron chi connectivity index (χ4n) is 3.97. The minimum absolute atomic E-state index is 0.208. The van der Waals surface area contributed by atoms with Crippen LogP contribution in [-0.2, 0) is 14.6 Å². The van der Waals surface area contributed by atoms with Crippen LogP contribution in [0, 0.1) is 13.8 Å². The van der Waals surface area contributed by atoms with E-state index < -0.39 is 20.5 Å². The van der Waals surface area contributed by atoms with Gasteiger partial charge in [-0.3, -0.25) is 4.79 Å². The molecule has 0 bridgehead atoms. The Balaban J connectivity index is 2.06. The minimum Gasteiger partial charge on any atom is -0.495 e. The Kier molecular flexibility index (Phi) is 6.34. The monoisotopic (exact) mass is 451 g/mol. The van der Waals surface area contributed by atoms with Gasteiger partial charge >= 0.3 is 0 Å². The van der Waals surface area contributed by atoms with Gasteiger partial charge in [0.05, 0.1) is 29.8 Å². The van der Waals surface area contributed by atoms with Crippen molar-refractivity contribution in [2.45, 2.75) is 49.2 Å². The molecule has 1 saturated carbocycles. The van der Waals surface area contributed by atoms with E-state index in [0.717, 1.165) is 5.56 Å². The maximum atomic E-state index is 13.7. The van der Waals surface area contributed by atoms with Crippen LogP contribution in [0.15, 0.2) is 35.2 Å². The number of carbonyl (C=O) groups is 1. The quantitative estimate of drug-likeness (QED) is 0.688. The molecule has 8 heteroatoms. The molecule has 0 atom stereocenters. The first-order valence-corrected chi connectivity index (χ1v) is 11.6. The predicted octanol–water partition coefficient (Wildman–Crippen LogP) is 4.70. The number of sulfone groups is 1. The number of amides is 1. The van der Waals surface area contributed by atoms with Gasteiger partial charge in [0, 0.05) is 6.07 Å². The average Bonchev–Trinajstić information content (AvgIpc) is 3.22. The van der Waals surface area contributed by atoms with E-state index in [1.165, 1.54) is 20.3 Å². The normalized spacial score (nSPS) is 15.6. The Morgan fingerprint density at radius 2 is 1.67 bits per heavy atom. The number of carbonyl (C=O) groups excluding carboxylic acids is 1. The summed E-state index contributed by atoms with van der Waals surface area (Å²) < 4.78 is 36.5. The molecule has 2 aromatic carbocycles. The summed E-state index contributed by atoms with van der Waals surface area (Å²) >= 11 is 6.21. The lowest BCUT2D eigenvalue weighted by atomic mass is 10.1. The summed E-state index contributed by atoms with van der Waals surface area (Å²) in [6, 6.07) is 8.33. The van der Waals surface area contributed by atoms with E-state index in [-0.39, 0.29) is 22.8 Å². The number of halogens is 1. The van der Waals surface area contributed by atoms with Gasteiger partial charge in [-0.1, -0.05) is 36.6 Å². The van der Waals surface area contributed by atoms with Crippen LogP contribution in [0.5, 0.6) is 11.5 Å². The largest absolute Gasteiger partial charge is 0.495 e. The number of aryl methyl sites for hydroxylation is 2. The van der Waals surface area contributed by atoms with Crippen molar-refractivity contribution in [1.29, 1.82) is 0 Å². The summed E-state index contributed by atoms with van der Waals surface area (Å²) in [7, 11) is -0.996. The van der Waals surface area contributed by atoms with Gasteiger partial charge in [-0.25, -0.2) is 8.42 Å². The predicted molar refractivity (Wildman–Crippen MR) is 117 cm³/mol. The van der Waals surface area contributed by atoms with Crippen molar-refractivity contribution in [3.63, 3.8) is 0 Å². The molecule has 1 amide bonds. The Morgan fingerprint density at radius 3 is 2.27 bits per heavy atom. The Hall–Kier alpha value is -2.25. The molecule has 1 aliphatic rings. The van der Waals surface area contributed by atoms with Crippen molar-refractivity contribution in [2.75, 3.05) is 19.5 Å². The van der Waals surface area contributed by atoms with Crippen molar-refractivity contribution in [3.05, 3.63) is 46.5 Å². The third kappa shape index (κ3) is 3.76. The second-order valence-corrected chi connectivity index (χ2v) is 10.3. The summed E-state index contributed by atoms with van der Waals surface area (Å²) in [4.78, 5) is 13.7. The molecule has 0 aliphatic heterocycles. The molecule has 30 heavy (non-hydrogen) atoms. The van der Waals surface area contributed by atoms with Crippen molar-refractivity contribution in [2.24, 2.45) is 0 Å². The molecule has 0 saturated heterocycles. The number of anilines is 1. The number of nitrogens with one attached hydrogen (secondary N) is 1. The number of rotatable bonds is 6. The molecule has 0 spiro atoms. The Labute approximate surface area is 182 Å². The second kappa shape index (κ2) is 8.47. The van der Waals surface area contributed by atoms with Crippen LogP contribution in [0.3, 0.4) is 0 Å². The van der Waals surface area contributed by atoms with Gasteiger partial charge in [0.25, 0.3) is 0 Å². The summed E-state index contributed by atoms with van der Waals surface area (Å²) in [6.45, 7) is 3.59. The first kappa shape index (κ1) is 22.4. The van der Waals surface area contributed by atoms with E-state index in [2.05, 4.69) is 5.32 Å². The highest BCUT2D eigenvalue weighted by Crippen LogP contribution is 2.43. The van der Waals surface area contributed by atoms with Crippen LogP contribution in [-0.4, -0.2) is 33.3 Å². The van der Waals surface area contributed by atoms with Crippen molar-refractivity contribution in [3.8, 4) is 11.5 Å². The maximum absolute atomic E-state index is 13.7. The summed E-state index contributed by atoms with van der Waals surface area (Å²) in [5, 5.41) is 3.05. The molecule has 3 rings (SSSR count). The van der Waals surface area contributed by atoms with Gasteiger partial charge in [0.15, 0.2) is 14.6 Å². The highest BCUT2D eigenvalue weighted by atomic mass is 35.5. The van der Waals surface area contributed by atoms with E-state index in [4.69, 9.17) is 21.1 Å². The SMILES string of the molecule is COc1cc(OC)c(NC(=O)C2(S(=O)(=O)c3cc(C)ccc3C)CCCC2)cc1Cl. The molecule has 1 fully saturated rings. The smallest absolute Gasteiger partial charge is 0.246 e. The van der Waals surface area contributed by atoms with E-state index >= 15 is 0 Å². The summed E-state index contributed by atoms with van der Waals surface area (Å²) in [5.41, 5.74) is 1.76. The maximum Gasteiger partial charge on any atom is 0.246 e. The van der Waals surface area contributed by atoms with Gasteiger partial charge in [0.1, 0.15) is 11.5 Å². The molecular weight excluding hydrogens is 426 g/mol. The summed E-state index contributed by atoms with van der Waals surface area (Å²) in [5.74, 6) is 0.160. The molecule has 2 aromatic rings. The Morgan fingerprint density at radius 1 is 1.03 bits per heavy atom. The average molecular weight is 452 g/mol. The topological polar surface area (TPSA) is 81.7 Å². The van der Waals surface area contributed by atoms with E-state index in [1.807, 2.05) is 13.0 Å². The lowest BCUT2D eigenvalue weighted by molar-refractivity contribution is -0.118. The van der Waals surface area contributed by atoms with Crippen LogP contribution in [0.4, 0.5) is 5.69 Å². The van der Waals surface area contributed by atoms with E-state index in [1.54, 1.807) is 25.1 Å². The molecular formula is C22H26ClNO5S. The second-order valence-electron chi connectivity index (χ2n) is 7.61. The zero-order valence-corrected chi connectivity index (χ0v) is 19.1. The third-order valence-electron chi connectivity index (χ3n) is 5.69. The fourth-order valence-corrected chi connectivity index (χ4v) is 6.58. The molecule has 162 valence electrons.